The molecule has 1 N–H and O–H groups in total. The normalized spacial score (nSPS) is 27.8. The first-order chi connectivity index (χ1) is 5.90. The summed E-state index contributed by atoms with van der Waals surface area (Å²) in [5, 5.41) is 3.54. The molecule has 0 spiro atoms. The lowest BCUT2D eigenvalue weighted by atomic mass is 10.1. The molecule has 0 radical (unpaired) electrons. The summed E-state index contributed by atoms with van der Waals surface area (Å²) in [6.07, 6.45) is 5.66. The molecule has 1 aliphatic heterocycles. The zero-order valence-electron chi connectivity index (χ0n) is 8.05. The van der Waals surface area contributed by atoms with Crippen molar-refractivity contribution >= 4 is 0 Å². The van der Waals surface area contributed by atoms with Crippen LogP contribution in [0.3, 0.4) is 0 Å². The van der Waals surface area contributed by atoms with E-state index in [9.17, 15) is 0 Å². The lowest BCUT2D eigenvalue weighted by Gasteiger charge is -2.32. The Morgan fingerprint density at radius 2 is 1.92 bits per heavy atom. The average Bonchev–Trinajstić information content (AvgIpc) is 2.89. The van der Waals surface area contributed by atoms with E-state index >= 15 is 0 Å². The summed E-state index contributed by atoms with van der Waals surface area (Å²) in [5.41, 5.74) is 0. The molecule has 2 aliphatic rings. The molecule has 1 saturated carbocycles. The smallest absolute Gasteiger partial charge is 0.00964 e. The maximum atomic E-state index is 3.54. The molecule has 0 aromatic heterocycles. The van der Waals surface area contributed by atoms with Gasteiger partial charge in [-0.25, -0.2) is 0 Å². The van der Waals surface area contributed by atoms with Crippen LogP contribution < -0.4 is 5.32 Å². The molecular formula is C10H22N2. The third kappa shape index (κ3) is 1.99. The molecular weight excluding hydrogens is 148 g/mol. The summed E-state index contributed by atoms with van der Waals surface area (Å²) < 4.78 is 0. The van der Waals surface area contributed by atoms with Gasteiger partial charge < -0.3 is 10.2 Å². The summed E-state index contributed by atoms with van der Waals surface area (Å²) >= 11 is 0. The van der Waals surface area contributed by atoms with E-state index in [0.717, 1.165) is 18.6 Å². The van der Waals surface area contributed by atoms with Gasteiger partial charge in [0.1, 0.15) is 0 Å². The topological polar surface area (TPSA) is 15.3 Å². The molecule has 2 fully saturated rings. The van der Waals surface area contributed by atoms with E-state index in [4.69, 9.17) is 0 Å². The molecule has 0 atom stereocenters. The Hall–Kier alpha value is -0.0800. The molecule has 0 amide bonds. The van der Waals surface area contributed by atoms with Gasteiger partial charge in [-0.2, -0.15) is 0 Å². The van der Waals surface area contributed by atoms with Gasteiger partial charge in [0, 0.05) is 13.5 Å². The molecule has 1 aliphatic carbocycles. The first kappa shape index (κ1) is 8.52. The van der Waals surface area contributed by atoms with Crippen molar-refractivity contribution in [3.05, 3.63) is 0 Å². The van der Waals surface area contributed by atoms with E-state index in [0.29, 0.717) is 0 Å². The van der Waals surface area contributed by atoms with Crippen LogP contribution in [0.4, 0.5) is 0 Å². The van der Waals surface area contributed by atoms with Crippen LogP contribution in [0.5, 0.6) is 0 Å². The minimum absolute atomic E-state index is 0. The number of piperidine rings is 1. The average molecular weight is 170 g/mol. The standard InChI is InChI=1S/C10H20N2.H2/c1-2-11-9-5-7-12(8-6-9)10-3-4-10;/h9-11H,2-8H2,1H3;1H. The van der Waals surface area contributed by atoms with Crippen molar-refractivity contribution in [2.24, 2.45) is 0 Å². The van der Waals surface area contributed by atoms with Crippen molar-refractivity contribution < 1.29 is 1.43 Å². The summed E-state index contributed by atoms with van der Waals surface area (Å²) in [6, 6.07) is 1.79. The fourth-order valence-electron chi connectivity index (χ4n) is 2.20. The molecule has 2 nitrogen and oxygen atoms in total. The lowest BCUT2D eigenvalue weighted by Crippen LogP contribution is -2.43. The monoisotopic (exact) mass is 170 g/mol. The van der Waals surface area contributed by atoms with Gasteiger partial charge in [0.15, 0.2) is 0 Å². The number of hydrogen-bond acceptors (Lipinski definition) is 2. The van der Waals surface area contributed by atoms with Crippen molar-refractivity contribution in [2.45, 2.75) is 44.7 Å². The van der Waals surface area contributed by atoms with E-state index in [2.05, 4.69) is 17.1 Å². The number of likely N-dealkylation sites (tertiary alicyclic amines) is 1. The zero-order chi connectivity index (χ0) is 8.39. The third-order valence-electron chi connectivity index (χ3n) is 3.09. The van der Waals surface area contributed by atoms with Crippen LogP contribution >= 0.6 is 0 Å². The molecule has 2 heteroatoms. The second kappa shape index (κ2) is 3.75. The van der Waals surface area contributed by atoms with E-state index in [1.807, 2.05) is 0 Å². The molecule has 12 heavy (non-hydrogen) atoms. The largest absolute Gasteiger partial charge is 0.314 e. The van der Waals surface area contributed by atoms with Crippen LogP contribution in [0.25, 0.3) is 0 Å². The van der Waals surface area contributed by atoms with E-state index in [-0.39, 0.29) is 1.43 Å². The van der Waals surface area contributed by atoms with Gasteiger partial charge in [-0.15, -0.1) is 0 Å². The summed E-state index contributed by atoms with van der Waals surface area (Å²) in [7, 11) is 0. The molecule has 72 valence electrons. The summed E-state index contributed by atoms with van der Waals surface area (Å²) in [6.45, 7) is 6.01. The number of nitrogens with zero attached hydrogens (tertiary/aromatic N) is 1. The van der Waals surface area contributed by atoms with Crippen LogP contribution in [-0.2, 0) is 0 Å². The van der Waals surface area contributed by atoms with E-state index < -0.39 is 0 Å². The second-order valence-corrected chi connectivity index (χ2v) is 4.10. The molecule has 1 heterocycles. The quantitative estimate of drug-likeness (QED) is 0.690. The van der Waals surface area contributed by atoms with Crippen LogP contribution in [0.2, 0.25) is 0 Å². The highest BCUT2D eigenvalue weighted by molar-refractivity contribution is 4.88. The SMILES string of the molecule is CCNC1CCN(C2CC2)CC1.[HH]. The van der Waals surface area contributed by atoms with E-state index in [1.54, 1.807) is 0 Å². The minimum Gasteiger partial charge on any atom is -0.314 e. The predicted octanol–water partition coefficient (Wildman–Crippen LogP) is 1.47. The van der Waals surface area contributed by atoms with Crippen molar-refractivity contribution in [3.8, 4) is 0 Å². The number of hydrogen-bond donors (Lipinski definition) is 1. The Labute approximate surface area is 76.8 Å². The Kier molecular flexibility index (Phi) is 2.66. The molecule has 0 aromatic carbocycles. The maximum absolute atomic E-state index is 3.54. The van der Waals surface area contributed by atoms with Crippen LogP contribution in [0, 0.1) is 0 Å². The Morgan fingerprint density at radius 3 is 2.42 bits per heavy atom. The predicted molar refractivity (Wildman–Crippen MR) is 53.4 cm³/mol. The van der Waals surface area contributed by atoms with Gasteiger partial charge in [-0.3, -0.25) is 0 Å². The highest BCUT2D eigenvalue weighted by Gasteiger charge is 2.31. The van der Waals surface area contributed by atoms with Gasteiger partial charge in [0.2, 0.25) is 0 Å². The van der Waals surface area contributed by atoms with Crippen molar-refractivity contribution in [1.29, 1.82) is 0 Å². The van der Waals surface area contributed by atoms with Gasteiger partial charge in [0.25, 0.3) is 0 Å². The molecule has 2 rings (SSSR count). The van der Waals surface area contributed by atoms with Gasteiger partial charge in [-0.05, 0) is 45.3 Å². The lowest BCUT2D eigenvalue weighted by molar-refractivity contribution is 0.191. The van der Waals surface area contributed by atoms with Gasteiger partial charge in [-0.1, -0.05) is 6.92 Å². The van der Waals surface area contributed by atoms with Gasteiger partial charge in [0.05, 0.1) is 0 Å². The molecule has 0 unspecified atom stereocenters. The Bertz CT molecular complexity index is 140. The Balaban J connectivity index is 0.000000845. The summed E-state index contributed by atoms with van der Waals surface area (Å²) in [4.78, 5) is 2.67. The van der Waals surface area contributed by atoms with Crippen LogP contribution in [0.1, 0.15) is 34.0 Å². The molecule has 0 aromatic rings. The first-order valence-corrected chi connectivity index (χ1v) is 5.37. The Morgan fingerprint density at radius 1 is 1.25 bits per heavy atom. The summed E-state index contributed by atoms with van der Waals surface area (Å²) in [5.74, 6) is 0. The number of rotatable bonds is 3. The first-order valence-electron chi connectivity index (χ1n) is 5.37. The van der Waals surface area contributed by atoms with Crippen LogP contribution in [0.15, 0.2) is 0 Å². The van der Waals surface area contributed by atoms with Crippen molar-refractivity contribution in [1.82, 2.24) is 10.2 Å². The zero-order valence-corrected chi connectivity index (χ0v) is 8.05. The maximum Gasteiger partial charge on any atom is 0.00964 e. The van der Waals surface area contributed by atoms with Gasteiger partial charge >= 0.3 is 0 Å². The third-order valence-corrected chi connectivity index (χ3v) is 3.09. The highest BCUT2D eigenvalue weighted by Crippen LogP contribution is 2.29. The van der Waals surface area contributed by atoms with Crippen molar-refractivity contribution in [2.75, 3.05) is 19.6 Å². The number of nitrogens with one attached hydrogen (secondary N) is 1. The highest BCUT2D eigenvalue weighted by atomic mass is 15.2. The fourth-order valence-corrected chi connectivity index (χ4v) is 2.20. The fraction of sp³-hybridized carbons (Fsp3) is 1.00. The molecule has 1 saturated heterocycles. The minimum atomic E-state index is 0. The van der Waals surface area contributed by atoms with Crippen molar-refractivity contribution in [3.63, 3.8) is 0 Å². The van der Waals surface area contributed by atoms with E-state index in [1.165, 1.54) is 38.8 Å². The van der Waals surface area contributed by atoms with Crippen LogP contribution in [-0.4, -0.2) is 36.6 Å². The molecule has 0 bridgehead atoms. The second-order valence-electron chi connectivity index (χ2n) is 4.10.